The number of hydrogen-bond donors (Lipinski definition) is 1. The minimum Gasteiger partial charge on any atom is -0.450 e. The molecule has 1 atom stereocenters. The smallest absolute Gasteiger partial charge is 0.409 e. The molecule has 1 aromatic rings. The lowest BCUT2D eigenvalue weighted by Crippen LogP contribution is -2.49. The van der Waals surface area contributed by atoms with Gasteiger partial charge in [0.2, 0.25) is 0 Å². The summed E-state index contributed by atoms with van der Waals surface area (Å²) in [6.45, 7) is 7.03. The van der Waals surface area contributed by atoms with Crippen LogP contribution in [0.3, 0.4) is 0 Å². The van der Waals surface area contributed by atoms with Crippen molar-refractivity contribution in [3.63, 3.8) is 0 Å². The van der Waals surface area contributed by atoms with Gasteiger partial charge in [0.1, 0.15) is 5.82 Å². The predicted molar refractivity (Wildman–Crippen MR) is 77.6 cm³/mol. The van der Waals surface area contributed by atoms with E-state index in [0.29, 0.717) is 19.7 Å². The number of nitrogens with two attached hydrogens (primary N) is 1. The number of carbonyl (C=O) groups excluding carboxylic acids is 1. The average molecular weight is 278 g/mol. The number of anilines is 1. The summed E-state index contributed by atoms with van der Waals surface area (Å²) in [5, 5.41) is 0. The van der Waals surface area contributed by atoms with Crippen LogP contribution in [0.2, 0.25) is 0 Å². The number of rotatable bonds is 3. The molecule has 6 heteroatoms. The van der Waals surface area contributed by atoms with Gasteiger partial charge in [-0.3, -0.25) is 0 Å². The van der Waals surface area contributed by atoms with Gasteiger partial charge in [0, 0.05) is 38.4 Å². The normalized spacial score (nSPS) is 16.9. The maximum atomic E-state index is 11.6. The van der Waals surface area contributed by atoms with Crippen LogP contribution in [0.1, 0.15) is 25.5 Å². The van der Waals surface area contributed by atoms with Crippen molar-refractivity contribution in [2.24, 2.45) is 5.73 Å². The number of hydrogen-bond acceptors (Lipinski definition) is 5. The Kier molecular flexibility index (Phi) is 4.79. The molecule has 1 aromatic heterocycles. The molecule has 2 rings (SSSR count). The van der Waals surface area contributed by atoms with E-state index in [4.69, 9.17) is 10.5 Å². The molecule has 1 aliphatic rings. The molecule has 0 bridgehead atoms. The Hall–Kier alpha value is -1.82. The van der Waals surface area contributed by atoms with Crippen LogP contribution in [-0.4, -0.2) is 48.8 Å². The first-order valence-electron chi connectivity index (χ1n) is 7.00. The summed E-state index contributed by atoms with van der Waals surface area (Å²) in [6.07, 6.45) is 1.59. The molecular weight excluding hydrogens is 256 g/mol. The maximum Gasteiger partial charge on any atom is 0.409 e. The number of piperazine rings is 1. The number of nitrogens with zero attached hydrogens (tertiary/aromatic N) is 3. The van der Waals surface area contributed by atoms with E-state index in [1.807, 2.05) is 32.2 Å². The van der Waals surface area contributed by atoms with Gasteiger partial charge in [0.25, 0.3) is 0 Å². The van der Waals surface area contributed by atoms with E-state index in [9.17, 15) is 4.79 Å². The standard InChI is InChI=1S/C14H22N4O2/c1-3-20-14(19)18-8-6-17(7-9-18)13-5-4-12(10-16-13)11(2)15/h4-5,10-11H,3,6-9,15H2,1-2H3/t11-/m0/s1. The molecule has 0 saturated carbocycles. The van der Waals surface area contributed by atoms with Crippen molar-refractivity contribution < 1.29 is 9.53 Å². The second-order valence-electron chi connectivity index (χ2n) is 4.91. The van der Waals surface area contributed by atoms with Gasteiger partial charge in [-0.15, -0.1) is 0 Å². The molecule has 20 heavy (non-hydrogen) atoms. The summed E-state index contributed by atoms with van der Waals surface area (Å²) in [5.41, 5.74) is 6.84. The van der Waals surface area contributed by atoms with Crippen LogP contribution in [0.4, 0.5) is 10.6 Å². The second kappa shape index (κ2) is 6.56. The van der Waals surface area contributed by atoms with Crippen molar-refractivity contribution >= 4 is 11.9 Å². The second-order valence-corrected chi connectivity index (χ2v) is 4.91. The highest BCUT2D eigenvalue weighted by molar-refractivity contribution is 5.68. The summed E-state index contributed by atoms with van der Waals surface area (Å²) < 4.78 is 5.00. The van der Waals surface area contributed by atoms with Gasteiger partial charge >= 0.3 is 6.09 Å². The molecule has 0 unspecified atom stereocenters. The van der Waals surface area contributed by atoms with Crippen molar-refractivity contribution in [3.05, 3.63) is 23.9 Å². The Morgan fingerprint density at radius 1 is 1.40 bits per heavy atom. The van der Waals surface area contributed by atoms with Gasteiger partial charge < -0.3 is 20.3 Å². The number of pyridine rings is 1. The van der Waals surface area contributed by atoms with Crippen LogP contribution < -0.4 is 10.6 Å². The SMILES string of the molecule is CCOC(=O)N1CCN(c2ccc([C@H](C)N)cn2)CC1. The van der Waals surface area contributed by atoms with Crippen LogP contribution in [0, 0.1) is 0 Å². The first kappa shape index (κ1) is 14.6. The van der Waals surface area contributed by atoms with Gasteiger partial charge in [0.15, 0.2) is 0 Å². The molecular formula is C14H22N4O2. The van der Waals surface area contributed by atoms with Gasteiger partial charge in [-0.25, -0.2) is 9.78 Å². The van der Waals surface area contributed by atoms with Gasteiger partial charge in [-0.05, 0) is 25.5 Å². The minimum absolute atomic E-state index is 0.00258. The molecule has 2 N–H and O–H groups in total. The van der Waals surface area contributed by atoms with Crippen molar-refractivity contribution in [2.75, 3.05) is 37.7 Å². The van der Waals surface area contributed by atoms with Crippen LogP contribution in [-0.2, 0) is 4.74 Å². The lowest BCUT2D eigenvalue weighted by atomic mass is 10.1. The average Bonchev–Trinajstić information content (AvgIpc) is 2.48. The summed E-state index contributed by atoms with van der Waals surface area (Å²) >= 11 is 0. The van der Waals surface area contributed by atoms with E-state index in [1.165, 1.54) is 0 Å². The molecule has 2 heterocycles. The highest BCUT2D eigenvalue weighted by atomic mass is 16.6. The van der Waals surface area contributed by atoms with Crippen LogP contribution in [0.15, 0.2) is 18.3 Å². The zero-order chi connectivity index (χ0) is 14.5. The highest BCUT2D eigenvalue weighted by Crippen LogP contribution is 2.16. The van der Waals surface area contributed by atoms with Crippen molar-refractivity contribution in [2.45, 2.75) is 19.9 Å². The third-order valence-corrected chi connectivity index (χ3v) is 3.43. The van der Waals surface area contributed by atoms with E-state index in [2.05, 4.69) is 9.88 Å². The summed E-state index contributed by atoms with van der Waals surface area (Å²) in [6, 6.07) is 3.99. The third kappa shape index (κ3) is 3.39. The maximum absolute atomic E-state index is 11.6. The fourth-order valence-corrected chi connectivity index (χ4v) is 2.19. The lowest BCUT2D eigenvalue weighted by Gasteiger charge is -2.34. The molecule has 0 spiro atoms. The molecule has 1 aliphatic heterocycles. The Bertz CT molecular complexity index is 439. The molecule has 1 amide bonds. The minimum atomic E-state index is -0.229. The highest BCUT2D eigenvalue weighted by Gasteiger charge is 2.22. The first-order chi connectivity index (χ1) is 9.61. The quantitative estimate of drug-likeness (QED) is 0.904. The topological polar surface area (TPSA) is 71.7 Å². The van der Waals surface area contributed by atoms with Crippen molar-refractivity contribution in [1.82, 2.24) is 9.88 Å². The summed E-state index contributed by atoms with van der Waals surface area (Å²) in [4.78, 5) is 20.0. The molecule has 6 nitrogen and oxygen atoms in total. The zero-order valence-corrected chi connectivity index (χ0v) is 12.1. The van der Waals surface area contributed by atoms with Gasteiger partial charge in [0.05, 0.1) is 6.61 Å². The number of aromatic nitrogens is 1. The van der Waals surface area contributed by atoms with Crippen LogP contribution in [0.25, 0.3) is 0 Å². The molecule has 1 saturated heterocycles. The van der Waals surface area contributed by atoms with Crippen LogP contribution in [0.5, 0.6) is 0 Å². The van der Waals surface area contributed by atoms with Crippen molar-refractivity contribution in [3.8, 4) is 0 Å². The number of amides is 1. The monoisotopic (exact) mass is 278 g/mol. The van der Waals surface area contributed by atoms with Crippen molar-refractivity contribution in [1.29, 1.82) is 0 Å². The van der Waals surface area contributed by atoms with E-state index in [1.54, 1.807) is 4.90 Å². The fraction of sp³-hybridized carbons (Fsp3) is 0.571. The molecule has 1 fully saturated rings. The zero-order valence-electron chi connectivity index (χ0n) is 12.1. The van der Waals surface area contributed by atoms with Crippen LogP contribution >= 0.6 is 0 Å². The lowest BCUT2D eigenvalue weighted by molar-refractivity contribution is 0.105. The molecule has 110 valence electrons. The van der Waals surface area contributed by atoms with E-state index >= 15 is 0 Å². The Morgan fingerprint density at radius 3 is 2.60 bits per heavy atom. The first-order valence-corrected chi connectivity index (χ1v) is 7.00. The fourth-order valence-electron chi connectivity index (χ4n) is 2.19. The van der Waals surface area contributed by atoms with Gasteiger partial charge in [-0.2, -0.15) is 0 Å². The van der Waals surface area contributed by atoms with E-state index in [0.717, 1.165) is 24.5 Å². The number of carbonyl (C=O) groups is 1. The molecule has 0 aromatic carbocycles. The predicted octanol–water partition coefficient (Wildman–Crippen LogP) is 1.38. The summed E-state index contributed by atoms with van der Waals surface area (Å²) in [5.74, 6) is 0.929. The third-order valence-electron chi connectivity index (χ3n) is 3.43. The molecule has 0 radical (unpaired) electrons. The Morgan fingerprint density at radius 2 is 2.10 bits per heavy atom. The Labute approximate surface area is 119 Å². The molecule has 0 aliphatic carbocycles. The summed E-state index contributed by atoms with van der Waals surface area (Å²) in [7, 11) is 0. The van der Waals surface area contributed by atoms with E-state index < -0.39 is 0 Å². The number of ether oxygens (including phenoxy) is 1. The van der Waals surface area contributed by atoms with E-state index in [-0.39, 0.29) is 12.1 Å². The largest absolute Gasteiger partial charge is 0.450 e. The van der Waals surface area contributed by atoms with Gasteiger partial charge in [-0.1, -0.05) is 6.07 Å². The Balaban J connectivity index is 1.91.